The summed E-state index contributed by atoms with van der Waals surface area (Å²) in [5, 5.41) is 2.55. The normalized spacial score (nSPS) is 11.6. The van der Waals surface area contributed by atoms with Crippen LogP contribution in [-0.4, -0.2) is 10.9 Å². The molecule has 0 atom stereocenters. The van der Waals surface area contributed by atoms with E-state index in [0.29, 0.717) is 11.3 Å². The van der Waals surface area contributed by atoms with Crippen molar-refractivity contribution in [3.8, 4) is 0 Å². The largest absolute Gasteiger partial charge is 0.416 e. The number of nitrogens with zero attached hydrogens (tertiary/aromatic N) is 1. The zero-order valence-corrected chi connectivity index (χ0v) is 10.8. The van der Waals surface area contributed by atoms with Gasteiger partial charge in [0, 0.05) is 12.3 Å². The summed E-state index contributed by atoms with van der Waals surface area (Å²) in [7, 11) is 0. The van der Waals surface area contributed by atoms with Crippen LogP contribution in [0.5, 0.6) is 0 Å². The zero-order valence-electron chi connectivity index (χ0n) is 10.8. The van der Waals surface area contributed by atoms with E-state index in [9.17, 15) is 18.0 Å². The number of hydrogen-bond donors (Lipinski definition) is 1. The Hall–Kier alpha value is -2.63. The molecule has 2 rings (SSSR count). The molecule has 6 heteroatoms. The van der Waals surface area contributed by atoms with Crippen molar-refractivity contribution in [3.05, 3.63) is 66.0 Å². The van der Waals surface area contributed by atoms with Gasteiger partial charge in [-0.15, -0.1) is 0 Å². The highest BCUT2D eigenvalue weighted by Crippen LogP contribution is 2.29. The van der Waals surface area contributed by atoms with Gasteiger partial charge in [-0.25, -0.2) is 0 Å². The van der Waals surface area contributed by atoms with Crippen molar-refractivity contribution in [2.24, 2.45) is 0 Å². The van der Waals surface area contributed by atoms with Crippen LogP contribution in [0.2, 0.25) is 0 Å². The summed E-state index contributed by atoms with van der Waals surface area (Å²) in [6, 6.07) is 8.06. The molecule has 0 bridgehead atoms. The van der Waals surface area contributed by atoms with Gasteiger partial charge in [-0.1, -0.05) is 12.1 Å². The van der Waals surface area contributed by atoms with Crippen molar-refractivity contribution in [3.63, 3.8) is 0 Å². The molecule has 0 spiro atoms. The molecule has 0 aliphatic carbocycles. The first-order chi connectivity index (χ1) is 9.95. The van der Waals surface area contributed by atoms with Crippen LogP contribution in [0, 0.1) is 0 Å². The molecule has 21 heavy (non-hydrogen) atoms. The van der Waals surface area contributed by atoms with Gasteiger partial charge in [0.1, 0.15) is 0 Å². The van der Waals surface area contributed by atoms with E-state index in [0.717, 1.165) is 12.1 Å². The Balaban J connectivity index is 2.06. The maximum atomic E-state index is 12.5. The van der Waals surface area contributed by atoms with Gasteiger partial charge in [0.2, 0.25) is 5.91 Å². The Morgan fingerprint density at radius 1 is 1.19 bits per heavy atom. The zero-order chi connectivity index (χ0) is 15.3. The van der Waals surface area contributed by atoms with Gasteiger partial charge in [-0.05, 0) is 35.9 Å². The number of carbonyl (C=O) groups is 1. The number of benzene rings is 1. The van der Waals surface area contributed by atoms with E-state index in [4.69, 9.17) is 0 Å². The third kappa shape index (κ3) is 4.45. The van der Waals surface area contributed by atoms with Crippen LogP contribution in [-0.2, 0) is 11.0 Å². The van der Waals surface area contributed by atoms with Crippen molar-refractivity contribution >= 4 is 17.7 Å². The summed E-state index contributed by atoms with van der Waals surface area (Å²) in [4.78, 5) is 15.5. The molecule has 0 fully saturated rings. The molecular formula is C15H11F3N2O. The van der Waals surface area contributed by atoms with E-state index in [1.807, 2.05) is 0 Å². The van der Waals surface area contributed by atoms with Gasteiger partial charge in [0.15, 0.2) is 0 Å². The van der Waals surface area contributed by atoms with Crippen LogP contribution in [0.3, 0.4) is 0 Å². The number of hydrogen-bond acceptors (Lipinski definition) is 2. The Labute approximate surface area is 119 Å². The molecule has 1 amide bonds. The predicted octanol–water partition coefficient (Wildman–Crippen LogP) is 3.75. The molecule has 0 aliphatic rings. The fraction of sp³-hybridized carbons (Fsp3) is 0.0667. The number of nitrogens with one attached hydrogen (secondary N) is 1. The number of carbonyl (C=O) groups excluding carboxylic acids is 1. The fourth-order valence-electron chi connectivity index (χ4n) is 1.61. The molecule has 0 saturated heterocycles. The minimum atomic E-state index is -4.40. The van der Waals surface area contributed by atoms with Crippen LogP contribution in [0.1, 0.15) is 11.1 Å². The number of anilines is 1. The average Bonchev–Trinajstić information content (AvgIpc) is 2.46. The lowest BCUT2D eigenvalue weighted by molar-refractivity contribution is -0.137. The minimum Gasteiger partial charge on any atom is -0.321 e. The van der Waals surface area contributed by atoms with Gasteiger partial charge < -0.3 is 5.32 Å². The summed E-state index contributed by atoms with van der Waals surface area (Å²) in [6.45, 7) is 0. The molecule has 1 aromatic heterocycles. The molecule has 0 saturated carbocycles. The maximum Gasteiger partial charge on any atom is 0.416 e. The highest BCUT2D eigenvalue weighted by molar-refractivity contribution is 6.01. The Morgan fingerprint density at radius 2 is 2.00 bits per heavy atom. The lowest BCUT2D eigenvalue weighted by Gasteiger charge is -2.06. The summed E-state index contributed by atoms with van der Waals surface area (Å²) >= 11 is 0. The maximum absolute atomic E-state index is 12.5. The van der Waals surface area contributed by atoms with Crippen LogP contribution in [0.25, 0.3) is 6.08 Å². The number of aromatic nitrogens is 1. The molecule has 1 aromatic carbocycles. The van der Waals surface area contributed by atoms with Crippen LogP contribution in [0.15, 0.2) is 54.9 Å². The van der Waals surface area contributed by atoms with Crippen molar-refractivity contribution in [2.45, 2.75) is 6.18 Å². The quantitative estimate of drug-likeness (QED) is 0.875. The molecule has 2 aromatic rings. The molecular weight excluding hydrogens is 281 g/mol. The number of amides is 1. The monoisotopic (exact) mass is 292 g/mol. The molecule has 108 valence electrons. The standard InChI is InChI=1S/C15H11F3N2O/c16-15(17,18)12-4-1-3-11(9-12)6-7-14(21)20-13-5-2-8-19-10-13/h1-10H,(H,20,21)/b7-6+. The number of rotatable bonds is 3. The SMILES string of the molecule is O=C(/C=C/c1cccc(C(F)(F)F)c1)Nc1cccnc1. The number of alkyl halides is 3. The van der Waals surface area contributed by atoms with Gasteiger partial charge in [-0.3, -0.25) is 9.78 Å². The topological polar surface area (TPSA) is 42.0 Å². The van der Waals surface area contributed by atoms with Gasteiger partial charge in [0.25, 0.3) is 0 Å². The third-order valence-electron chi connectivity index (χ3n) is 2.57. The predicted molar refractivity (Wildman–Crippen MR) is 73.3 cm³/mol. The second-order valence-electron chi connectivity index (χ2n) is 4.19. The van der Waals surface area contributed by atoms with Crippen molar-refractivity contribution in [1.82, 2.24) is 4.98 Å². The molecule has 0 unspecified atom stereocenters. The second-order valence-corrected chi connectivity index (χ2v) is 4.19. The second kappa shape index (κ2) is 6.21. The van der Waals surface area contributed by atoms with Gasteiger partial charge in [-0.2, -0.15) is 13.2 Å². The summed E-state index contributed by atoms with van der Waals surface area (Å²) in [5.41, 5.74) is 0.0553. The van der Waals surface area contributed by atoms with Crippen LogP contribution >= 0.6 is 0 Å². The highest BCUT2D eigenvalue weighted by Gasteiger charge is 2.30. The van der Waals surface area contributed by atoms with Crippen molar-refractivity contribution in [2.75, 3.05) is 5.32 Å². The van der Waals surface area contributed by atoms with Gasteiger partial charge in [0.05, 0.1) is 17.4 Å². The first-order valence-corrected chi connectivity index (χ1v) is 6.01. The van der Waals surface area contributed by atoms with E-state index in [1.54, 1.807) is 18.3 Å². The highest BCUT2D eigenvalue weighted by atomic mass is 19.4. The summed E-state index contributed by atoms with van der Waals surface area (Å²) < 4.78 is 37.6. The van der Waals surface area contributed by atoms with Crippen LogP contribution in [0.4, 0.5) is 18.9 Å². The number of pyridine rings is 1. The van der Waals surface area contributed by atoms with E-state index in [1.165, 1.54) is 30.5 Å². The fourth-order valence-corrected chi connectivity index (χ4v) is 1.61. The minimum absolute atomic E-state index is 0.297. The van der Waals surface area contributed by atoms with E-state index in [2.05, 4.69) is 10.3 Å². The lowest BCUT2D eigenvalue weighted by Crippen LogP contribution is -2.07. The third-order valence-corrected chi connectivity index (χ3v) is 2.57. The first kappa shape index (κ1) is 14.8. The summed E-state index contributed by atoms with van der Waals surface area (Å²) in [5.74, 6) is -0.444. The Bertz CT molecular complexity index is 651. The first-order valence-electron chi connectivity index (χ1n) is 6.01. The molecule has 0 radical (unpaired) electrons. The number of halogens is 3. The molecule has 3 nitrogen and oxygen atoms in total. The lowest BCUT2D eigenvalue weighted by atomic mass is 10.1. The van der Waals surface area contributed by atoms with Crippen molar-refractivity contribution in [1.29, 1.82) is 0 Å². The van der Waals surface area contributed by atoms with Crippen molar-refractivity contribution < 1.29 is 18.0 Å². The Kier molecular flexibility index (Phi) is 4.37. The molecule has 1 heterocycles. The van der Waals surface area contributed by atoms with Gasteiger partial charge >= 0.3 is 6.18 Å². The molecule has 0 aliphatic heterocycles. The molecule has 1 N–H and O–H groups in total. The summed E-state index contributed by atoms with van der Waals surface area (Å²) in [6.07, 6.45) is 1.12. The average molecular weight is 292 g/mol. The van der Waals surface area contributed by atoms with Crippen LogP contribution < -0.4 is 5.32 Å². The van der Waals surface area contributed by atoms with E-state index < -0.39 is 17.6 Å². The van der Waals surface area contributed by atoms with E-state index in [-0.39, 0.29) is 0 Å². The smallest absolute Gasteiger partial charge is 0.321 e. The Morgan fingerprint density at radius 3 is 2.67 bits per heavy atom. The van der Waals surface area contributed by atoms with E-state index >= 15 is 0 Å².